The molecule has 0 aliphatic heterocycles. The molecule has 0 saturated heterocycles. The van der Waals surface area contributed by atoms with Gasteiger partial charge in [0.1, 0.15) is 5.60 Å². The second-order valence-electron chi connectivity index (χ2n) is 4.93. The Morgan fingerprint density at radius 2 is 1.85 bits per heavy atom. The maximum atomic E-state index is 11.8. The summed E-state index contributed by atoms with van der Waals surface area (Å²) in [5, 5.41) is 6.52. The number of esters is 1. The molecule has 0 aromatic heterocycles. The molecule has 0 spiro atoms. The van der Waals surface area contributed by atoms with Crippen LogP contribution in [0.15, 0.2) is 0 Å². The molecule has 118 valence electrons. The summed E-state index contributed by atoms with van der Waals surface area (Å²) >= 11 is 0. The van der Waals surface area contributed by atoms with Crippen molar-refractivity contribution in [2.24, 2.45) is 0 Å². The van der Waals surface area contributed by atoms with Crippen molar-refractivity contribution >= 4 is 22.1 Å². The zero-order chi connectivity index (χ0) is 16.0. The second kappa shape index (κ2) is 7.58. The summed E-state index contributed by atoms with van der Waals surface area (Å²) in [5.41, 5.74) is -0.867. The van der Waals surface area contributed by atoms with E-state index in [0.717, 1.165) is 12.8 Å². The molecule has 2 N–H and O–H groups in total. The molecule has 0 rings (SSSR count). The number of carboxylic acid groups (broad SMARTS) is 1. The van der Waals surface area contributed by atoms with Crippen LogP contribution in [0.3, 0.4) is 0 Å². The monoisotopic (exact) mass is 310 g/mol. The first-order valence-corrected chi connectivity index (χ1v) is 7.97. The summed E-state index contributed by atoms with van der Waals surface area (Å²) in [4.78, 5) is 22.4. The van der Waals surface area contributed by atoms with Crippen LogP contribution in [-0.4, -0.2) is 40.9 Å². The maximum absolute atomic E-state index is 11.8. The van der Waals surface area contributed by atoms with Crippen LogP contribution in [0.5, 0.6) is 0 Å². The lowest BCUT2D eigenvalue weighted by Crippen LogP contribution is -2.40. The van der Waals surface area contributed by atoms with E-state index in [9.17, 15) is 18.0 Å². The largest absolute Gasteiger partial charge is 0.481 e. The van der Waals surface area contributed by atoms with Gasteiger partial charge in [-0.3, -0.25) is 14.1 Å². The van der Waals surface area contributed by atoms with E-state index in [1.807, 2.05) is 6.92 Å². The molecule has 0 aromatic carbocycles. The highest BCUT2D eigenvalue weighted by Crippen LogP contribution is 2.24. The minimum absolute atomic E-state index is 0.462. The van der Waals surface area contributed by atoms with Crippen LogP contribution in [-0.2, 0) is 24.4 Å². The lowest BCUT2D eigenvalue weighted by Gasteiger charge is -2.29. The van der Waals surface area contributed by atoms with Crippen molar-refractivity contribution in [1.29, 1.82) is 0 Å². The zero-order valence-corrected chi connectivity index (χ0v) is 12.8. The quantitative estimate of drug-likeness (QED) is 0.490. The molecule has 0 bridgehead atoms. The van der Waals surface area contributed by atoms with Gasteiger partial charge in [0.25, 0.3) is 10.1 Å². The lowest BCUT2D eigenvalue weighted by molar-refractivity contribution is -0.160. The molecule has 0 aliphatic carbocycles. The zero-order valence-electron chi connectivity index (χ0n) is 12.0. The molecule has 0 radical (unpaired) electrons. The Balaban J connectivity index is 5.03. The van der Waals surface area contributed by atoms with Crippen LogP contribution in [0.1, 0.15) is 52.9 Å². The van der Waals surface area contributed by atoms with Gasteiger partial charge in [0.05, 0.1) is 6.42 Å². The molecule has 0 aliphatic rings. The number of aliphatic carboxylic acids is 1. The Morgan fingerprint density at radius 1 is 1.30 bits per heavy atom. The first kappa shape index (κ1) is 18.9. The fourth-order valence-electron chi connectivity index (χ4n) is 1.63. The smallest absolute Gasteiger partial charge is 0.327 e. The molecule has 2 unspecified atom stereocenters. The third-order valence-electron chi connectivity index (χ3n) is 3.14. The first-order valence-electron chi connectivity index (χ1n) is 6.46. The molecule has 0 fully saturated rings. The van der Waals surface area contributed by atoms with E-state index < -0.39 is 39.3 Å². The van der Waals surface area contributed by atoms with E-state index in [1.54, 1.807) is 13.8 Å². The van der Waals surface area contributed by atoms with Crippen molar-refractivity contribution < 1.29 is 32.4 Å². The highest BCUT2D eigenvalue weighted by atomic mass is 32.2. The maximum Gasteiger partial charge on any atom is 0.327 e. The average Bonchev–Trinajstić information content (AvgIpc) is 2.31. The lowest BCUT2D eigenvalue weighted by atomic mass is 9.96. The number of hydrogen-bond acceptors (Lipinski definition) is 5. The predicted octanol–water partition coefficient (Wildman–Crippen LogP) is 1.62. The van der Waals surface area contributed by atoms with Crippen LogP contribution >= 0.6 is 0 Å². The van der Waals surface area contributed by atoms with Gasteiger partial charge in [0, 0.05) is 0 Å². The Labute approximate surface area is 119 Å². The van der Waals surface area contributed by atoms with Crippen LogP contribution in [0, 0.1) is 0 Å². The highest BCUT2D eigenvalue weighted by molar-refractivity contribution is 7.87. The van der Waals surface area contributed by atoms with Crippen molar-refractivity contribution in [3.63, 3.8) is 0 Å². The summed E-state index contributed by atoms with van der Waals surface area (Å²) < 4.78 is 36.3. The summed E-state index contributed by atoms with van der Waals surface area (Å²) in [6, 6.07) is 0. The molecular formula is C12H22O7S. The van der Waals surface area contributed by atoms with Gasteiger partial charge < -0.3 is 9.84 Å². The van der Waals surface area contributed by atoms with Gasteiger partial charge in [-0.1, -0.05) is 20.3 Å². The highest BCUT2D eigenvalue weighted by Gasteiger charge is 2.38. The van der Waals surface area contributed by atoms with Gasteiger partial charge in [-0.25, -0.2) is 0 Å². The minimum atomic E-state index is -4.82. The van der Waals surface area contributed by atoms with E-state index in [4.69, 9.17) is 14.4 Å². The summed E-state index contributed by atoms with van der Waals surface area (Å²) in [7, 11) is -4.82. The Kier molecular flexibility index (Phi) is 7.15. The molecule has 20 heavy (non-hydrogen) atoms. The number of carboxylic acids is 1. The van der Waals surface area contributed by atoms with Gasteiger partial charge in [0.15, 0.2) is 5.25 Å². The average molecular weight is 310 g/mol. The van der Waals surface area contributed by atoms with Crippen LogP contribution in [0.2, 0.25) is 0 Å². The number of carbonyl (C=O) groups excluding carboxylic acids is 1. The third kappa shape index (κ3) is 6.33. The normalized spacial score (nSPS) is 16.2. The van der Waals surface area contributed by atoms with Gasteiger partial charge in [-0.2, -0.15) is 8.42 Å². The van der Waals surface area contributed by atoms with Crippen molar-refractivity contribution in [2.45, 2.75) is 63.7 Å². The van der Waals surface area contributed by atoms with Crippen molar-refractivity contribution in [2.75, 3.05) is 0 Å². The van der Waals surface area contributed by atoms with Crippen LogP contribution < -0.4 is 0 Å². The number of ether oxygens (including phenoxy) is 1. The fraction of sp³-hybridized carbons (Fsp3) is 0.833. The van der Waals surface area contributed by atoms with Crippen LogP contribution in [0.25, 0.3) is 0 Å². The van der Waals surface area contributed by atoms with Gasteiger partial charge >= 0.3 is 11.9 Å². The topological polar surface area (TPSA) is 118 Å². The number of rotatable bonds is 9. The Hall–Kier alpha value is -1.15. The van der Waals surface area contributed by atoms with Gasteiger partial charge in [-0.05, 0) is 26.2 Å². The molecule has 0 aromatic rings. The van der Waals surface area contributed by atoms with E-state index in [-0.39, 0.29) is 0 Å². The van der Waals surface area contributed by atoms with Crippen molar-refractivity contribution in [3.05, 3.63) is 0 Å². The van der Waals surface area contributed by atoms with E-state index in [1.165, 1.54) is 0 Å². The third-order valence-corrected chi connectivity index (χ3v) is 4.21. The van der Waals surface area contributed by atoms with E-state index in [0.29, 0.717) is 12.8 Å². The second-order valence-corrected chi connectivity index (χ2v) is 6.53. The van der Waals surface area contributed by atoms with Crippen molar-refractivity contribution in [1.82, 2.24) is 0 Å². The summed E-state index contributed by atoms with van der Waals surface area (Å²) in [5.74, 6) is -2.73. The first-order chi connectivity index (χ1) is 9.05. The van der Waals surface area contributed by atoms with Gasteiger partial charge in [-0.15, -0.1) is 0 Å². The SMILES string of the molecule is CCCCC(C)(CC)OC(=O)C(CC(=O)O)S(=O)(=O)O. The molecule has 0 saturated carbocycles. The summed E-state index contributed by atoms with van der Waals surface area (Å²) in [6.07, 6.45) is 1.64. The fourth-order valence-corrected chi connectivity index (χ4v) is 2.27. The Morgan fingerprint density at radius 3 is 2.20 bits per heavy atom. The number of carbonyl (C=O) groups is 2. The van der Waals surface area contributed by atoms with Crippen molar-refractivity contribution in [3.8, 4) is 0 Å². The van der Waals surface area contributed by atoms with Gasteiger partial charge in [0.2, 0.25) is 0 Å². The molecule has 0 amide bonds. The molecule has 2 atom stereocenters. The standard InChI is InChI=1S/C12H22O7S/c1-4-6-7-12(3,5-2)19-11(15)9(8-10(13)14)20(16,17)18/h9H,4-8H2,1-3H3,(H,13,14)(H,16,17,18). The van der Waals surface area contributed by atoms with E-state index >= 15 is 0 Å². The minimum Gasteiger partial charge on any atom is -0.481 e. The molecule has 0 heterocycles. The van der Waals surface area contributed by atoms with Crippen LogP contribution in [0.4, 0.5) is 0 Å². The van der Waals surface area contributed by atoms with E-state index in [2.05, 4.69) is 0 Å². The predicted molar refractivity (Wildman–Crippen MR) is 71.9 cm³/mol. The summed E-state index contributed by atoms with van der Waals surface area (Å²) in [6.45, 7) is 5.40. The Bertz CT molecular complexity index is 443. The molecule has 8 heteroatoms. The molecular weight excluding hydrogens is 288 g/mol. The number of hydrogen-bond donors (Lipinski definition) is 2. The number of unbranched alkanes of at least 4 members (excludes halogenated alkanes) is 1. The molecule has 7 nitrogen and oxygen atoms in total.